The summed E-state index contributed by atoms with van der Waals surface area (Å²) in [4.78, 5) is 22.0. The fourth-order valence-corrected chi connectivity index (χ4v) is 6.91. The monoisotopic (exact) mass is 687 g/mol. The van der Waals surface area contributed by atoms with E-state index in [0.717, 1.165) is 43.0 Å². The maximum atomic E-state index is 13.7. The molecule has 49 heavy (non-hydrogen) atoms. The molecule has 260 valence electrons. The van der Waals surface area contributed by atoms with Crippen LogP contribution in [-0.4, -0.2) is 63.0 Å². The Labute approximate surface area is 279 Å². The number of carbonyl (C=O) groups is 1. The highest BCUT2D eigenvalue weighted by atomic mass is 19.4. The average molecular weight is 688 g/mol. The molecule has 6 nitrogen and oxygen atoms in total. The molecule has 13 heteroatoms. The van der Waals surface area contributed by atoms with E-state index in [2.05, 4.69) is 15.2 Å². The molecule has 1 N–H and O–H groups in total. The summed E-state index contributed by atoms with van der Waals surface area (Å²) in [6, 6.07) is 16.6. The van der Waals surface area contributed by atoms with Crippen LogP contribution >= 0.6 is 0 Å². The van der Waals surface area contributed by atoms with Gasteiger partial charge in [0.15, 0.2) is 0 Å². The van der Waals surface area contributed by atoms with Gasteiger partial charge in [-0.25, -0.2) is 9.37 Å². The summed E-state index contributed by atoms with van der Waals surface area (Å²) in [7, 11) is 0. The van der Waals surface area contributed by atoms with E-state index in [1.54, 1.807) is 18.3 Å². The van der Waals surface area contributed by atoms with Crippen molar-refractivity contribution < 1.29 is 35.5 Å². The van der Waals surface area contributed by atoms with Crippen LogP contribution in [0.4, 0.5) is 36.7 Å². The van der Waals surface area contributed by atoms with Gasteiger partial charge in [0.25, 0.3) is 5.91 Å². The van der Waals surface area contributed by atoms with Gasteiger partial charge >= 0.3 is 12.4 Å². The number of anilines is 1. The number of nitrogens with one attached hydrogen (secondary N) is 1. The molecule has 3 heterocycles. The third-order valence-electron chi connectivity index (χ3n) is 9.46. The molecule has 2 atom stereocenters. The number of imidazole rings is 1. The Hall–Kier alpha value is -4.39. The van der Waals surface area contributed by atoms with Crippen LogP contribution in [-0.2, 0) is 25.3 Å². The van der Waals surface area contributed by atoms with Crippen molar-refractivity contribution >= 4 is 11.9 Å². The lowest BCUT2D eigenvalue weighted by Gasteiger charge is -2.45. The number of hydrogen-bond acceptors (Lipinski definition) is 4. The quantitative estimate of drug-likeness (QED) is 0.192. The van der Waals surface area contributed by atoms with Gasteiger partial charge in [0.2, 0.25) is 5.95 Å². The molecule has 0 saturated carbocycles. The summed E-state index contributed by atoms with van der Waals surface area (Å²) < 4.78 is 96.9. The van der Waals surface area contributed by atoms with E-state index < -0.39 is 41.0 Å². The molecule has 6 rings (SSSR count). The number of amides is 1. The van der Waals surface area contributed by atoms with Crippen LogP contribution < -0.4 is 5.32 Å². The predicted molar refractivity (Wildman–Crippen MR) is 170 cm³/mol. The van der Waals surface area contributed by atoms with Crippen LogP contribution in [0.5, 0.6) is 0 Å². The third kappa shape index (κ3) is 8.44. The number of halogens is 7. The largest absolute Gasteiger partial charge is 0.416 e. The number of aromatic nitrogens is 2. The minimum Gasteiger partial charge on any atom is -0.353 e. The highest BCUT2D eigenvalue weighted by Crippen LogP contribution is 2.37. The van der Waals surface area contributed by atoms with Gasteiger partial charge in [-0.05, 0) is 73.6 Å². The highest BCUT2D eigenvalue weighted by Gasteiger charge is 2.40. The zero-order valence-corrected chi connectivity index (χ0v) is 26.5. The van der Waals surface area contributed by atoms with Gasteiger partial charge in [0, 0.05) is 55.7 Å². The SMILES string of the molecule is O=C(c1cc(C(F)(F)F)cc(C(F)(F)F)c1)N1CCC(N2CCC(Nc3nccn3Cc3ccc(F)cc3)CC2)CC1Cc1ccccc1. The first-order valence-corrected chi connectivity index (χ1v) is 16.2. The van der Waals surface area contributed by atoms with Gasteiger partial charge in [-0.2, -0.15) is 26.3 Å². The van der Waals surface area contributed by atoms with Crippen LogP contribution in [0.3, 0.4) is 0 Å². The molecule has 0 radical (unpaired) electrons. The molecule has 2 fully saturated rings. The van der Waals surface area contributed by atoms with Crippen LogP contribution in [0, 0.1) is 5.82 Å². The molecule has 0 spiro atoms. The standard InChI is InChI=1S/C36H36F7N5O/c37-29-8-6-25(7-9-29)23-47-17-13-44-34(47)45-30-10-14-46(15-11-30)31-12-16-48(32(22-31)18-24-4-2-1-3-5-24)33(49)26-19-27(35(38,39)40)21-28(20-26)36(41,42)43/h1-9,13,17,19-21,30-32H,10-12,14-16,18,22-23H2,(H,44,45). The van der Waals surface area contributed by atoms with Gasteiger partial charge in [-0.1, -0.05) is 42.5 Å². The van der Waals surface area contributed by atoms with E-state index in [1.807, 2.05) is 41.1 Å². The van der Waals surface area contributed by atoms with Crippen molar-refractivity contribution in [3.05, 3.63) is 119 Å². The maximum absolute atomic E-state index is 13.7. The molecule has 2 unspecified atom stereocenters. The number of rotatable bonds is 8. The van der Waals surface area contributed by atoms with Gasteiger partial charge in [-0.3, -0.25) is 4.79 Å². The van der Waals surface area contributed by atoms with E-state index in [1.165, 1.54) is 17.0 Å². The van der Waals surface area contributed by atoms with Gasteiger partial charge in [0.05, 0.1) is 17.7 Å². The van der Waals surface area contributed by atoms with Crippen LogP contribution in [0.15, 0.2) is 85.2 Å². The summed E-state index contributed by atoms with van der Waals surface area (Å²) >= 11 is 0. The minimum absolute atomic E-state index is 0.0435. The predicted octanol–water partition coefficient (Wildman–Crippen LogP) is 7.90. The van der Waals surface area contributed by atoms with Crippen molar-refractivity contribution in [3.63, 3.8) is 0 Å². The first-order valence-electron chi connectivity index (χ1n) is 16.2. The Bertz CT molecular complexity index is 1680. The summed E-state index contributed by atoms with van der Waals surface area (Å²) in [5.41, 5.74) is -1.77. The van der Waals surface area contributed by atoms with Crippen molar-refractivity contribution in [3.8, 4) is 0 Å². The second kappa shape index (κ2) is 14.2. The molecule has 0 bridgehead atoms. The number of piperidine rings is 2. The summed E-state index contributed by atoms with van der Waals surface area (Å²) in [5.74, 6) is -0.408. The molecular weight excluding hydrogens is 651 g/mol. The highest BCUT2D eigenvalue weighted by molar-refractivity contribution is 5.95. The number of benzene rings is 3. The minimum atomic E-state index is -5.05. The zero-order valence-electron chi connectivity index (χ0n) is 26.5. The van der Waals surface area contributed by atoms with Crippen LogP contribution in [0.25, 0.3) is 0 Å². The summed E-state index contributed by atoms with van der Waals surface area (Å²) in [6.07, 6.45) is -3.35. The maximum Gasteiger partial charge on any atom is 0.416 e. The Morgan fingerprint density at radius 1 is 0.816 bits per heavy atom. The summed E-state index contributed by atoms with van der Waals surface area (Å²) in [6.45, 7) is 2.29. The molecular formula is C36H36F7N5O. The van der Waals surface area contributed by atoms with Gasteiger partial charge < -0.3 is 19.7 Å². The average Bonchev–Trinajstić information content (AvgIpc) is 3.51. The van der Waals surface area contributed by atoms with E-state index in [4.69, 9.17) is 0 Å². The lowest BCUT2D eigenvalue weighted by atomic mass is 9.89. The number of likely N-dealkylation sites (tertiary alicyclic amines) is 2. The Kier molecular flexibility index (Phi) is 10.0. The van der Waals surface area contributed by atoms with Crippen molar-refractivity contribution in [2.75, 3.05) is 25.0 Å². The normalized spacial score (nSPS) is 19.6. The van der Waals surface area contributed by atoms with E-state index in [-0.39, 0.29) is 30.5 Å². The molecule has 2 aliphatic rings. The number of carbonyl (C=O) groups excluding carboxylic acids is 1. The van der Waals surface area contributed by atoms with E-state index in [0.29, 0.717) is 37.9 Å². The van der Waals surface area contributed by atoms with Crippen molar-refractivity contribution in [1.29, 1.82) is 0 Å². The first-order chi connectivity index (χ1) is 23.3. The molecule has 0 aliphatic carbocycles. The summed E-state index contributed by atoms with van der Waals surface area (Å²) in [5, 5.41) is 3.53. The number of alkyl halides is 6. The second-order valence-electron chi connectivity index (χ2n) is 12.8. The zero-order chi connectivity index (χ0) is 34.8. The fourth-order valence-electron chi connectivity index (χ4n) is 6.91. The lowest BCUT2D eigenvalue weighted by Crippen LogP contribution is -2.54. The van der Waals surface area contributed by atoms with Crippen molar-refractivity contribution in [2.24, 2.45) is 0 Å². The molecule has 1 aromatic heterocycles. The second-order valence-corrected chi connectivity index (χ2v) is 12.8. The molecule has 1 amide bonds. The Morgan fingerprint density at radius 2 is 1.47 bits per heavy atom. The van der Waals surface area contributed by atoms with E-state index >= 15 is 0 Å². The number of nitrogens with zero attached hydrogens (tertiary/aromatic N) is 4. The first kappa shape index (κ1) is 34.5. The molecule has 3 aromatic carbocycles. The van der Waals surface area contributed by atoms with Crippen LogP contribution in [0.1, 0.15) is 58.3 Å². The van der Waals surface area contributed by atoms with Gasteiger partial charge in [-0.15, -0.1) is 0 Å². The van der Waals surface area contributed by atoms with Crippen molar-refractivity contribution in [2.45, 2.75) is 69.1 Å². The Balaban J connectivity index is 1.14. The number of hydrogen-bond donors (Lipinski definition) is 1. The van der Waals surface area contributed by atoms with Crippen molar-refractivity contribution in [1.82, 2.24) is 19.4 Å². The molecule has 2 saturated heterocycles. The molecule has 4 aromatic rings. The third-order valence-corrected chi connectivity index (χ3v) is 9.46. The van der Waals surface area contributed by atoms with E-state index in [9.17, 15) is 35.5 Å². The molecule has 2 aliphatic heterocycles. The Morgan fingerprint density at radius 3 is 2.10 bits per heavy atom. The van der Waals surface area contributed by atoms with Crippen LogP contribution in [0.2, 0.25) is 0 Å². The van der Waals surface area contributed by atoms with Gasteiger partial charge in [0.1, 0.15) is 5.82 Å². The fraction of sp³-hybridized carbons (Fsp3) is 0.389. The smallest absolute Gasteiger partial charge is 0.353 e. The topological polar surface area (TPSA) is 53.4 Å². The lowest BCUT2D eigenvalue weighted by molar-refractivity contribution is -0.143.